The number of hydrogen-bond donors (Lipinski definition) is 3. The van der Waals surface area contributed by atoms with E-state index in [1.54, 1.807) is 0 Å². The number of rotatable bonds is 5. The van der Waals surface area contributed by atoms with Crippen LogP contribution in [-0.2, 0) is 6.42 Å². The van der Waals surface area contributed by atoms with Crippen LogP contribution in [0.1, 0.15) is 19.4 Å². The van der Waals surface area contributed by atoms with Crippen LogP contribution in [0.25, 0.3) is 10.9 Å². The quantitative estimate of drug-likeness (QED) is 0.759. The lowest BCUT2D eigenvalue weighted by Crippen LogP contribution is -2.38. The van der Waals surface area contributed by atoms with Crippen LogP contribution in [0.5, 0.6) is 0 Å². The molecule has 0 aliphatic rings. The van der Waals surface area contributed by atoms with Gasteiger partial charge in [0.15, 0.2) is 0 Å². The molecule has 0 atom stereocenters. The summed E-state index contributed by atoms with van der Waals surface area (Å²) in [7, 11) is 0. The molecule has 19 heavy (non-hydrogen) atoms. The Kier molecular flexibility index (Phi) is 4.44. The molecule has 4 heteroatoms. The second-order valence-electron chi connectivity index (χ2n) is 5.14. The van der Waals surface area contributed by atoms with Crippen LogP contribution in [-0.4, -0.2) is 24.1 Å². The molecule has 0 aliphatic carbocycles. The van der Waals surface area contributed by atoms with E-state index in [0.29, 0.717) is 19.0 Å². The smallest absolute Gasteiger partial charge is 0.314 e. The van der Waals surface area contributed by atoms with Gasteiger partial charge in [-0.15, -0.1) is 0 Å². The average molecular weight is 259 g/mol. The van der Waals surface area contributed by atoms with Crippen LogP contribution in [0.4, 0.5) is 4.79 Å². The van der Waals surface area contributed by atoms with Crippen molar-refractivity contribution in [1.82, 2.24) is 15.6 Å². The van der Waals surface area contributed by atoms with Crippen molar-refractivity contribution in [3.63, 3.8) is 0 Å². The summed E-state index contributed by atoms with van der Waals surface area (Å²) in [5.41, 5.74) is 2.38. The van der Waals surface area contributed by atoms with Gasteiger partial charge < -0.3 is 15.6 Å². The lowest BCUT2D eigenvalue weighted by molar-refractivity contribution is 0.239. The van der Waals surface area contributed by atoms with Gasteiger partial charge in [0.2, 0.25) is 0 Å². The molecule has 0 radical (unpaired) electrons. The second kappa shape index (κ2) is 6.27. The van der Waals surface area contributed by atoms with Crippen molar-refractivity contribution >= 4 is 16.9 Å². The topological polar surface area (TPSA) is 56.9 Å². The van der Waals surface area contributed by atoms with Gasteiger partial charge in [-0.2, -0.15) is 0 Å². The van der Waals surface area contributed by atoms with E-state index in [9.17, 15) is 4.79 Å². The third kappa shape index (κ3) is 3.74. The molecule has 4 nitrogen and oxygen atoms in total. The number of aromatic nitrogens is 1. The van der Waals surface area contributed by atoms with Gasteiger partial charge >= 0.3 is 6.03 Å². The van der Waals surface area contributed by atoms with Crippen LogP contribution in [0.15, 0.2) is 30.5 Å². The summed E-state index contributed by atoms with van der Waals surface area (Å²) in [4.78, 5) is 14.7. The van der Waals surface area contributed by atoms with E-state index in [4.69, 9.17) is 0 Å². The SMILES string of the molecule is CC(C)CNC(=O)NCCc1c[nH]c2ccccc12. The highest BCUT2D eigenvalue weighted by Gasteiger charge is 2.04. The fraction of sp³-hybridized carbons (Fsp3) is 0.400. The molecular weight excluding hydrogens is 238 g/mol. The number of hydrogen-bond acceptors (Lipinski definition) is 1. The zero-order valence-electron chi connectivity index (χ0n) is 11.5. The molecule has 1 aromatic carbocycles. The first-order valence-electron chi connectivity index (χ1n) is 6.73. The molecule has 0 aliphatic heterocycles. The van der Waals surface area contributed by atoms with Gasteiger partial charge in [-0.3, -0.25) is 0 Å². The summed E-state index contributed by atoms with van der Waals surface area (Å²) in [6, 6.07) is 8.11. The van der Waals surface area contributed by atoms with Gasteiger partial charge in [-0.1, -0.05) is 32.0 Å². The van der Waals surface area contributed by atoms with E-state index in [1.807, 2.05) is 18.3 Å². The van der Waals surface area contributed by atoms with Crippen molar-refractivity contribution in [1.29, 1.82) is 0 Å². The van der Waals surface area contributed by atoms with Crippen LogP contribution < -0.4 is 10.6 Å². The number of urea groups is 1. The molecule has 0 saturated heterocycles. The molecule has 0 spiro atoms. The van der Waals surface area contributed by atoms with E-state index in [2.05, 4.69) is 41.6 Å². The minimum atomic E-state index is -0.0893. The van der Waals surface area contributed by atoms with Crippen molar-refractivity contribution in [2.24, 2.45) is 5.92 Å². The maximum atomic E-state index is 11.5. The van der Waals surface area contributed by atoms with E-state index in [-0.39, 0.29) is 6.03 Å². The summed E-state index contributed by atoms with van der Waals surface area (Å²) in [5, 5.41) is 6.95. The first-order valence-corrected chi connectivity index (χ1v) is 6.73. The molecule has 0 fully saturated rings. The highest BCUT2D eigenvalue weighted by Crippen LogP contribution is 2.17. The number of amides is 2. The van der Waals surface area contributed by atoms with E-state index >= 15 is 0 Å². The minimum Gasteiger partial charge on any atom is -0.361 e. The Morgan fingerprint density at radius 2 is 2.05 bits per heavy atom. The first kappa shape index (κ1) is 13.5. The van der Waals surface area contributed by atoms with Gasteiger partial charge in [0.1, 0.15) is 0 Å². The lowest BCUT2D eigenvalue weighted by atomic mass is 10.1. The Bertz CT molecular complexity index is 545. The van der Waals surface area contributed by atoms with Gasteiger partial charge in [0.25, 0.3) is 0 Å². The fourth-order valence-corrected chi connectivity index (χ4v) is 2.01. The molecule has 2 amide bonds. The summed E-state index contributed by atoms with van der Waals surface area (Å²) >= 11 is 0. The number of benzene rings is 1. The Hall–Kier alpha value is -1.97. The van der Waals surface area contributed by atoms with Crippen molar-refractivity contribution < 1.29 is 4.79 Å². The second-order valence-corrected chi connectivity index (χ2v) is 5.14. The van der Waals surface area contributed by atoms with Crippen LogP contribution in [0.2, 0.25) is 0 Å². The number of carbonyl (C=O) groups excluding carboxylic acids is 1. The first-order chi connectivity index (χ1) is 9.16. The van der Waals surface area contributed by atoms with Crippen molar-refractivity contribution in [2.45, 2.75) is 20.3 Å². The molecule has 0 bridgehead atoms. The molecule has 102 valence electrons. The molecule has 0 unspecified atom stereocenters. The standard InChI is InChI=1S/C15H21N3O/c1-11(2)9-18-15(19)16-8-7-12-10-17-14-6-4-3-5-13(12)14/h3-6,10-11,17H,7-9H2,1-2H3,(H2,16,18,19). The zero-order valence-corrected chi connectivity index (χ0v) is 11.5. The fourth-order valence-electron chi connectivity index (χ4n) is 2.01. The number of nitrogens with one attached hydrogen (secondary N) is 3. The lowest BCUT2D eigenvalue weighted by Gasteiger charge is -2.09. The summed E-state index contributed by atoms with van der Waals surface area (Å²) in [6.45, 7) is 5.50. The number of aromatic amines is 1. The van der Waals surface area contributed by atoms with Crippen molar-refractivity contribution in [3.8, 4) is 0 Å². The maximum absolute atomic E-state index is 11.5. The molecule has 0 saturated carbocycles. The minimum absolute atomic E-state index is 0.0893. The summed E-state index contributed by atoms with van der Waals surface area (Å²) in [5.74, 6) is 0.472. The third-order valence-corrected chi connectivity index (χ3v) is 3.03. The predicted molar refractivity (Wildman–Crippen MR) is 78.2 cm³/mol. The van der Waals surface area contributed by atoms with Crippen molar-refractivity contribution in [2.75, 3.05) is 13.1 Å². The summed E-state index contributed by atoms with van der Waals surface area (Å²) in [6.07, 6.45) is 2.84. The Labute approximate surface area is 113 Å². The molecule has 3 N–H and O–H groups in total. The molecule has 1 heterocycles. The molecule has 1 aromatic heterocycles. The van der Waals surface area contributed by atoms with E-state index in [0.717, 1.165) is 11.9 Å². The monoisotopic (exact) mass is 259 g/mol. The average Bonchev–Trinajstić information content (AvgIpc) is 2.80. The van der Waals surface area contributed by atoms with Gasteiger partial charge in [0.05, 0.1) is 0 Å². The normalized spacial score (nSPS) is 10.9. The predicted octanol–water partition coefficient (Wildman–Crippen LogP) is 2.67. The number of para-hydroxylation sites is 1. The Morgan fingerprint density at radius 1 is 1.26 bits per heavy atom. The zero-order chi connectivity index (χ0) is 13.7. The molecule has 2 aromatic rings. The number of fused-ring (bicyclic) bond motifs is 1. The number of carbonyl (C=O) groups is 1. The molecular formula is C15H21N3O. The van der Waals surface area contributed by atoms with Gasteiger partial charge in [-0.25, -0.2) is 4.79 Å². The number of H-pyrrole nitrogens is 1. The van der Waals surface area contributed by atoms with E-state index in [1.165, 1.54) is 10.9 Å². The van der Waals surface area contributed by atoms with Crippen LogP contribution in [0, 0.1) is 5.92 Å². The third-order valence-electron chi connectivity index (χ3n) is 3.03. The Morgan fingerprint density at radius 3 is 2.84 bits per heavy atom. The van der Waals surface area contributed by atoms with Crippen LogP contribution >= 0.6 is 0 Å². The van der Waals surface area contributed by atoms with Gasteiger partial charge in [0, 0.05) is 30.2 Å². The van der Waals surface area contributed by atoms with Gasteiger partial charge in [-0.05, 0) is 24.0 Å². The van der Waals surface area contributed by atoms with Crippen LogP contribution in [0.3, 0.4) is 0 Å². The van der Waals surface area contributed by atoms with E-state index < -0.39 is 0 Å². The summed E-state index contributed by atoms with van der Waals surface area (Å²) < 4.78 is 0. The largest absolute Gasteiger partial charge is 0.361 e. The maximum Gasteiger partial charge on any atom is 0.314 e. The van der Waals surface area contributed by atoms with Crippen molar-refractivity contribution in [3.05, 3.63) is 36.0 Å². The Balaban J connectivity index is 1.81. The molecule has 2 rings (SSSR count). The highest BCUT2D eigenvalue weighted by atomic mass is 16.2. The highest BCUT2D eigenvalue weighted by molar-refractivity contribution is 5.83.